The topological polar surface area (TPSA) is 38.3 Å². The molecule has 3 nitrogen and oxygen atoms in total. The summed E-state index contributed by atoms with van der Waals surface area (Å²) in [6.45, 7) is 5.23. The van der Waals surface area contributed by atoms with Crippen molar-refractivity contribution in [2.24, 2.45) is 5.92 Å². The first-order chi connectivity index (χ1) is 9.72. The quantitative estimate of drug-likeness (QED) is 0.838. The van der Waals surface area contributed by atoms with E-state index in [9.17, 15) is 4.79 Å². The molecular formula is C17H23NO2. The van der Waals surface area contributed by atoms with Crippen LogP contribution in [0.2, 0.25) is 0 Å². The van der Waals surface area contributed by atoms with E-state index in [0.29, 0.717) is 12.5 Å². The molecule has 0 saturated heterocycles. The molecule has 1 aromatic carbocycles. The summed E-state index contributed by atoms with van der Waals surface area (Å²) in [5.41, 5.74) is 2.02. The van der Waals surface area contributed by atoms with Gasteiger partial charge in [-0.1, -0.05) is 43.3 Å². The SMILES string of the molecule is CCOC(=O)C1=CCC[C@@H](C)[C@H]1NCc1ccccc1. The third-order valence-corrected chi connectivity index (χ3v) is 3.77. The lowest BCUT2D eigenvalue weighted by atomic mass is 9.85. The molecule has 0 heterocycles. The Morgan fingerprint density at radius 1 is 1.35 bits per heavy atom. The Morgan fingerprint density at radius 2 is 2.10 bits per heavy atom. The number of ether oxygens (including phenoxy) is 1. The lowest BCUT2D eigenvalue weighted by Gasteiger charge is -2.30. The van der Waals surface area contributed by atoms with Gasteiger partial charge in [-0.15, -0.1) is 0 Å². The average Bonchev–Trinajstić information content (AvgIpc) is 2.47. The maximum absolute atomic E-state index is 12.0. The van der Waals surface area contributed by atoms with Crippen molar-refractivity contribution in [3.8, 4) is 0 Å². The third kappa shape index (κ3) is 3.70. The molecule has 1 aromatic rings. The number of carbonyl (C=O) groups is 1. The fraction of sp³-hybridized carbons (Fsp3) is 0.471. The van der Waals surface area contributed by atoms with Crippen molar-refractivity contribution in [1.82, 2.24) is 5.32 Å². The summed E-state index contributed by atoms with van der Waals surface area (Å²) in [5.74, 6) is 0.271. The Hall–Kier alpha value is -1.61. The highest BCUT2D eigenvalue weighted by atomic mass is 16.5. The van der Waals surface area contributed by atoms with Crippen LogP contribution in [0.3, 0.4) is 0 Å². The highest BCUT2D eigenvalue weighted by Crippen LogP contribution is 2.25. The highest BCUT2D eigenvalue weighted by molar-refractivity contribution is 5.90. The molecule has 0 aromatic heterocycles. The summed E-state index contributed by atoms with van der Waals surface area (Å²) in [7, 11) is 0. The standard InChI is InChI=1S/C17H23NO2/c1-3-20-17(19)15-11-7-8-13(2)16(15)18-12-14-9-5-4-6-10-14/h4-6,9-11,13,16,18H,3,7-8,12H2,1-2H3/t13-,16-/m1/s1. The molecule has 0 bridgehead atoms. The molecule has 0 spiro atoms. The molecule has 0 aliphatic heterocycles. The van der Waals surface area contributed by atoms with Gasteiger partial charge in [-0.2, -0.15) is 0 Å². The molecule has 20 heavy (non-hydrogen) atoms. The van der Waals surface area contributed by atoms with E-state index in [1.54, 1.807) is 0 Å². The minimum atomic E-state index is -0.176. The molecule has 108 valence electrons. The van der Waals surface area contributed by atoms with E-state index in [1.165, 1.54) is 5.56 Å². The molecule has 0 unspecified atom stereocenters. The van der Waals surface area contributed by atoms with Gasteiger partial charge in [0.1, 0.15) is 0 Å². The van der Waals surface area contributed by atoms with Crippen LogP contribution in [0.5, 0.6) is 0 Å². The van der Waals surface area contributed by atoms with Crippen LogP contribution in [-0.4, -0.2) is 18.6 Å². The Labute approximate surface area is 121 Å². The number of esters is 1. The first-order valence-electron chi connectivity index (χ1n) is 7.37. The van der Waals surface area contributed by atoms with Crippen molar-refractivity contribution in [2.75, 3.05) is 6.61 Å². The van der Waals surface area contributed by atoms with Gasteiger partial charge >= 0.3 is 5.97 Å². The van der Waals surface area contributed by atoms with Crippen molar-refractivity contribution >= 4 is 5.97 Å². The fourth-order valence-electron chi connectivity index (χ4n) is 2.66. The monoisotopic (exact) mass is 273 g/mol. The summed E-state index contributed by atoms with van der Waals surface area (Å²) in [6.07, 6.45) is 4.09. The van der Waals surface area contributed by atoms with Crippen LogP contribution < -0.4 is 5.32 Å². The molecule has 0 radical (unpaired) electrons. The smallest absolute Gasteiger partial charge is 0.335 e. The molecule has 2 rings (SSSR count). The first kappa shape index (κ1) is 14.8. The molecule has 0 amide bonds. The molecule has 1 N–H and O–H groups in total. The van der Waals surface area contributed by atoms with E-state index in [2.05, 4.69) is 24.4 Å². The van der Waals surface area contributed by atoms with Crippen molar-refractivity contribution in [1.29, 1.82) is 0 Å². The maximum Gasteiger partial charge on any atom is 0.335 e. The zero-order chi connectivity index (χ0) is 14.4. The molecule has 0 saturated carbocycles. The number of nitrogens with one attached hydrogen (secondary N) is 1. The van der Waals surface area contributed by atoms with Gasteiger partial charge in [-0.3, -0.25) is 0 Å². The van der Waals surface area contributed by atoms with Crippen molar-refractivity contribution in [3.63, 3.8) is 0 Å². The number of rotatable bonds is 5. The zero-order valence-corrected chi connectivity index (χ0v) is 12.3. The molecule has 3 heteroatoms. The lowest BCUT2D eigenvalue weighted by Crippen LogP contribution is -2.41. The van der Waals surface area contributed by atoms with Crippen molar-refractivity contribution in [3.05, 3.63) is 47.5 Å². The summed E-state index contributed by atoms with van der Waals surface area (Å²) in [6, 6.07) is 10.3. The van der Waals surface area contributed by atoms with E-state index in [1.807, 2.05) is 31.2 Å². The summed E-state index contributed by atoms with van der Waals surface area (Å²) in [5, 5.41) is 3.51. The van der Waals surface area contributed by atoms with E-state index in [0.717, 1.165) is 25.0 Å². The summed E-state index contributed by atoms with van der Waals surface area (Å²) >= 11 is 0. The van der Waals surface area contributed by atoms with E-state index in [-0.39, 0.29) is 12.0 Å². The minimum Gasteiger partial charge on any atom is -0.463 e. The van der Waals surface area contributed by atoms with Crippen LogP contribution in [0.15, 0.2) is 42.0 Å². The summed E-state index contributed by atoms with van der Waals surface area (Å²) < 4.78 is 5.16. The van der Waals surface area contributed by atoms with Gasteiger partial charge in [-0.25, -0.2) is 4.79 Å². The predicted octanol–water partition coefficient (Wildman–Crippen LogP) is 3.06. The average molecular weight is 273 g/mol. The molecule has 0 fully saturated rings. The molecule has 2 atom stereocenters. The second kappa shape index (κ2) is 7.25. The minimum absolute atomic E-state index is 0.0861. The van der Waals surface area contributed by atoms with Crippen LogP contribution in [0.1, 0.15) is 32.3 Å². The predicted molar refractivity (Wildman–Crippen MR) is 80.2 cm³/mol. The van der Waals surface area contributed by atoms with E-state index in [4.69, 9.17) is 4.74 Å². The third-order valence-electron chi connectivity index (χ3n) is 3.77. The van der Waals surface area contributed by atoms with Crippen molar-refractivity contribution < 1.29 is 9.53 Å². The van der Waals surface area contributed by atoms with Gasteiger partial charge in [-0.05, 0) is 31.2 Å². The van der Waals surface area contributed by atoms with Gasteiger partial charge in [0.25, 0.3) is 0 Å². The summed E-state index contributed by atoms with van der Waals surface area (Å²) in [4.78, 5) is 12.0. The zero-order valence-electron chi connectivity index (χ0n) is 12.3. The second-order valence-corrected chi connectivity index (χ2v) is 5.28. The Balaban J connectivity index is 2.04. The van der Waals surface area contributed by atoms with Gasteiger partial charge < -0.3 is 10.1 Å². The molecular weight excluding hydrogens is 250 g/mol. The number of hydrogen-bond donors (Lipinski definition) is 1. The second-order valence-electron chi connectivity index (χ2n) is 5.28. The van der Waals surface area contributed by atoms with Gasteiger partial charge in [0, 0.05) is 12.6 Å². The Kier molecular flexibility index (Phi) is 5.36. The van der Waals surface area contributed by atoms with Crippen LogP contribution in [-0.2, 0) is 16.1 Å². The number of allylic oxidation sites excluding steroid dienone is 1. The van der Waals surface area contributed by atoms with Crippen LogP contribution in [0.25, 0.3) is 0 Å². The molecule has 1 aliphatic rings. The van der Waals surface area contributed by atoms with E-state index < -0.39 is 0 Å². The fourth-order valence-corrected chi connectivity index (χ4v) is 2.66. The Bertz CT molecular complexity index is 467. The first-order valence-corrected chi connectivity index (χ1v) is 7.37. The van der Waals surface area contributed by atoms with Crippen LogP contribution in [0, 0.1) is 5.92 Å². The lowest BCUT2D eigenvalue weighted by molar-refractivity contribution is -0.139. The molecule has 1 aliphatic carbocycles. The number of carbonyl (C=O) groups excluding carboxylic acids is 1. The van der Waals surface area contributed by atoms with E-state index >= 15 is 0 Å². The van der Waals surface area contributed by atoms with Crippen molar-refractivity contribution in [2.45, 2.75) is 39.3 Å². The normalized spacial score (nSPS) is 22.2. The van der Waals surface area contributed by atoms with Crippen LogP contribution in [0.4, 0.5) is 0 Å². The number of benzene rings is 1. The highest BCUT2D eigenvalue weighted by Gasteiger charge is 2.29. The largest absolute Gasteiger partial charge is 0.463 e. The Morgan fingerprint density at radius 3 is 2.80 bits per heavy atom. The van der Waals surface area contributed by atoms with Gasteiger partial charge in [0.05, 0.1) is 12.2 Å². The van der Waals surface area contributed by atoms with Gasteiger partial charge in [0.15, 0.2) is 0 Å². The number of hydrogen-bond acceptors (Lipinski definition) is 3. The van der Waals surface area contributed by atoms with Gasteiger partial charge in [0.2, 0.25) is 0 Å². The van der Waals surface area contributed by atoms with Crippen LogP contribution >= 0.6 is 0 Å². The maximum atomic E-state index is 12.0.